The van der Waals surface area contributed by atoms with E-state index in [2.05, 4.69) is 11.0 Å². The van der Waals surface area contributed by atoms with Gasteiger partial charge in [0.05, 0.1) is 11.6 Å². The highest BCUT2D eigenvalue weighted by Gasteiger charge is 2.31. The van der Waals surface area contributed by atoms with Gasteiger partial charge in [-0.2, -0.15) is 5.26 Å². The molecule has 0 radical (unpaired) electrons. The normalized spacial score (nSPS) is 19.1. The summed E-state index contributed by atoms with van der Waals surface area (Å²) in [6, 6.07) is 9.90. The minimum absolute atomic E-state index is 0.0231. The number of nitrogens with zero attached hydrogens (tertiary/aromatic N) is 4. The van der Waals surface area contributed by atoms with Crippen LogP contribution in [0, 0.1) is 23.2 Å². The van der Waals surface area contributed by atoms with Gasteiger partial charge in [-0.3, -0.25) is 14.5 Å². The number of nitriles is 1. The molecule has 0 bridgehead atoms. The van der Waals surface area contributed by atoms with Crippen molar-refractivity contribution in [1.29, 1.82) is 5.26 Å². The molecule has 2 amide bonds. The van der Waals surface area contributed by atoms with Gasteiger partial charge in [-0.05, 0) is 37.0 Å². The highest BCUT2D eigenvalue weighted by atomic mass is 16.2. The number of carbonyl (C=O) groups is 2. The van der Waals surface area contributed by atoms with Crippen LogP contribution in [-0.4, -0.2) is 65.8 Å². The Morgan fingerprint density at radius 1 is 1.00 bits per heavy atom. The maximum Gasteiger partial charge on any atom is 0.225 e. The molecule has 0 atom stereocenters. The molecule has 1 aromatic rings. The Morgan fingerprint density at radius 3 is 2.31 bits per heavy atom. The Balaban J connectivity index is 1.48. The molecule has 0 aliphatic carbocycles. The molecule has 0 saturated carbocycles. The molecule has 2 heterocycles. The predicted octanol–water partition coefficient (Wildman–Crippen LogP) is 2.49. The number of carbonyl (C=O) groups excluding carboxylic acids is 2. The second kappa shape index (κ2) is 9.89. The van der Waals surface area contributed by atoms with E-state index in [0.717, 1.165) is 52.0 Å². The molecule has 2 fully saturated rings. The molecule has 0 N–H and O–H groups in total. The predicted molar refractivity (Wildman–Crippen MR) is 112 cm³/mol. The van der Waals surface area contributed by atoms with Crippen molar-refractivity contribution in [1.82, 2.24) is 14.7 Å². The summed E-state index contributed by atoms with van der Waals surface area (Å²) in [5.41, 5.74) is 1.88. The standard InChI is InChI=1S/C23H32N4O2/c1-18(2)22(28)27-12-8-21(9-13-27)23(29)26-11-3-10-25(14-15-26)17-20-6-4-19(16-24)5-7-20/h4-7,18,21H,3,8-15,17H2,1-2H3. The average molecular weight is 397 g/mol. The lowest BCUT2D eigenvalue weighted by Crippen LogP contribution is -2.46. The van der Waals surface area contributed by atoms with Crippen molar-refractivity contribution in [2.75, 3.05) is 39.3 Å². The van der Waals surface area contributed by atoms with Gasteiger partial charge in [-0.1, -0.05) is 26.0 Å². The third-order valence-electron chi connectivity index (χ3n) is 6.04. The van der Waals surface area contributed by atoms with Crippen molar-refractivity contribution >= 4 is 11.8 Å². The van der Waals surface area contributed by atoms with Crippen molar-refractivity contribution in [3.63, 3.8) is 0 Å². The lowest BCUT2D eigenvalue weighted by molar-refractivity contribution is -0.142. The number of likely N-dealkylation sites (tertiary alicyclic amines) is 1. The Labute approximate surface area is 174 Å². The van der Waals surface area contributed by atoms with Gasteiger partial charge < -0.3 is 9.80 Å². The zero-order valence-corrected chi connectivity index (χ0v) is 17.6. The first-order valence-corrected chi connectivity index (χ1v) is 10.8. The molecule has 1 aromatic carbocycles. The average Bonchev–Trinajstić information content (AvgIpc) is 2.99. The highest BCUT2D eigenvalue weighted by Crippen LogP contribution is 2.22. The monoisotopic (exact) mass is 396 g/mol. The fraction of sp³-hybridized carbons (Fsp3) is 0.609. The van der Waals surface area contributed by atoms with E-state index in [1.807, 2.05) is 47.9 Å². The summed E-state index contributed by atoms with van der Waals surface area (Å²) in [6.07, 6.45) is 2.54. The van der Waals surface area contributed by atoms with Crippen LogP contribution < -0.4 is 0 Å². The van der Waals surface area contributed by atoms with Crippen LogP contribution in [0.25, 0.3) is 0 Å². The maximum absolute atomic E-state index is 13.0. The second-order valence-electron chi connectivity index (χ2n) is 8.52. The van der Waals surface area contributed by atoms with E-state index in [1.54, 1.807) is 0 Å². The molecule has 3 rings (SSSR count). The van der Waals surface area contributed by atoms with Crippen molar-refractivity contribution in [2.45, 2.75) is 39.7 Å². The molecular weight excluding hydrogens is 364 g/mol. The largest absolute Gasteiger partial charge is 0.342 e. The Bertz CT molecular complexity index is 745. The van der Waals surface area contributed by atoms with Crippen molar-refractivity contribution in [3.8, 4) is 6.07 Å². The van der Waals surface area contributed by atoms with Crippen LogP contribution in [0.4, 0.5) is 0 Å². The quantitative estimate of drug-likeness (QED) is 0.784. The van der Waals surface area contributed by atoms with E-state index < -0.39 is 0 Å². The summed E-state index contributed by atoms with van der Waals surface area (Å²) in [5.74, 6) is 0.539. The van der Waals surface area contributed by atoms with E-state index in [-0.39, 0.29) is 23.7 Å². The number of benzene rings is 1. The van der Waals surface area contributed by atoms with E-state index in [1.165, 1.54) is 5.56 Å². The topological polar surface area (TPSA) is 67.7 Å². The molecular formula is C23H32N4O2. The summed E-state index contributed by atoms with van der Waals surface area (Å²) in [5, 5.41) is 8.92. The maximum atomic E-state index is 13.0. The van der Waals surface area contributed by atoms with Crippen LogP contribution in [-0.2, 0) is 16.1 Å². The van der Waals surface area contributed by atoms with Gasteiger partial charge in [0.25, 0.3) is 0 Å². The van der Waals surface area contributed by atoms with E-state index >= 15 is 0 Å². The fourth-order valence-electron chi connectivity index (χ4n) is 4.26. The van der Waals surface area contributed by atoms with Crippen LogP contribution in [0.15, 0.2) is 24.3 Å². The van der Waals surface area contributed by atoms with Crippen molar-refractivity contribution in [3.05, 3.63) is 35.4 Å². The molecule has 6 nitrogen and oxygen atoms in total. The van der Waals surface area contributed by atoms with Gasteiger partial charge in [0.1, 0.15) is 0 Å². The summed E-state index contributed by atoms with van der Waals surface area (Å²) in [6.45, 7) is 9.54. The first-order chi connectivity index (χ1) is 14.0. The lowest BCUT2D eigenvalue weighted by atomic mass is 9.94. The molecule has 29 heavy (non-hydrogen) atoms. The van der Waals surface area contributed by atoms with Gasteiger partial charge in [0.15, 0.2) is 0 Å². The Kier molecular flexibility index (Phi) is 7.27. The summed E-state index contributed by atoms with van der Waals surface area (Å²) >= 11 is 0. The van der Waals surface area contributed by atoms with Gasteiger partial charge in [-0.25, -0.2) is 0 Å². The van der Waals surface area contributed by atoms with Crippen LogP contribution in [0.5, 0.6) is 0 Å². The smallest absolute Gasteiger partial charge is 0.225 e. The molecule has 156 valence electrons. The summed E-state index contributed by atoms with van der Waals surface area (Å²) in [7, 11) is 0. The Hall–Kier alpha value is -2.39. The zero-order chi connectivity index (χ0) is 20.8. The first-order valence-electron chi connectivity index (χ1n) is 10.8. The fourth-order valence-corrected chi connectivity index (χ4v) is 4.26. The third-order valence-corrected chi connectivity index (χ3v) is 6.04. The number of hydrogen-bond donors (Lipinski definition) is 0. The van der Waals surface area contributed by atoms with Crippen LogP contribution in [0.3, 0.4) is 0 Å². The SMILES string of the molecule is CC(C)C(=O)N1CCC(C(=O)N2CCCN(Cc3ccc(C#N)cc3)CC2)CC1. The molecule has 2 aliphatic rings. The van der Waals surface area contributed by atoms with Gasteiger partial charge in [0, 0.05) is 57.6 Å². The summed E-state index contributed by atoms with van der Waals surface area (Å²) < 4.78 is 0. The van der Waals surface area contributed by atoms with Crippen molar-refractivity contribution in [2.24, 2.45) is 11.8 Å². The third kappa shape index (κ3) is 5.57. The highest BCUT2D eigenvalue weighted by molar-refractivity contribution is 5.81. The minimum Gasteiger partial charge on any atom is -0.342 e. The van der Waals surface area contributed by atoms with Crippen LogP contribution in [0.2, 0.25) is 0 Å². The molecule has 2 aliphatic heterocycles. The number of piperidine rings is 1. The van der Waals surface area contributed by atoms with E-state index in [0.29, 0.717) is 18.7 Å². The first kappa shape index (κ1) is 21.3. The lowest BCUT2D eigenvalue weighted by Gasteiger charge is -2.34. The summed E-state index contributed by atoms with van der Waals surface area (Å²) in [4.78, 5) is 31.5. The minimum atomic E-state index is 0.0231. The Morgan fingerprint density at radius 2 is 1.69 bits per heavy atom. The molecule has 6 heteroatoms. The van der Waals surface area contributed by atoms with Crippen molar-refractivity contribution < 1.29 is 9.59 Å². The molecule has 0 aromatic heterocycles. The van der Waals surface area contributed by atoms with E-state index in [9.17, 15) is 9.59 Å². The number of amides is 2. The number of hydrogen-bond acceptors (Lipinski definition) is 4. The molecule has 2 saturated heterocycles. The van der Waals surface area contributed by atoms with Crippen LogP contribution in [0.1, 0.15) is 44.2 Å². The number of rotatable bonds is 4. The molecule has 0 spiro atoms. The zero-order valence-electron chi connectivity index (χ0n) is 17.6. The van der Waals surface area contributed by atoms with Gasteiger partial charge in [-0.15, -0.1) is 0 Å². The van der Waals surface area contributed by atoms with Crippen LogP contribution >= 0.6 is 0 Å². The molecule has 0 unspecified atom stereocenters. The second-order valence-corrected chi connectivity index (χ2v) is 8.52. The van der Waals surface area contributed by atoms with E-state index in [4.69, 9.17) is 5.26 Å². The van der Waals surface area contributed by atoms with Gasteiger partial charge >= 0.3 is 0 Å². The van der Waals surface area contributed by atoms with Gasteiger partial charge in [0.2, 0.25) is 11.8 Å².